The molecule has 2 rings (SSSR count). The monoisotopic (exact) mass is 393 g/mol. The lowest BCUT2D eigenvalue weighted by Gasteiger charge is -2.42. The predicted octanol–water partition coefficient (Wildman–Crippen LogP) is 3.11. The lowest BCUT2D eigenvalue weighted by atomic mass is 9.85. The number of hydrogen-bond donors (Lipinski definition) is 3. The maximum Gasteiger partial charge on any atom is 0.319 e. The van der Waals surface area contributed by atoms with Crippen molar-refractivity contribution in [2.24, 2.45) is 5.92 Å². The Kier molecular flexibility index (Phi) is 7.86. The van der Waals surface area contributed by atoms with Gasteiger partial charge in [0.2, 0.25) is 0 Å². The normalized spacial score (nSPS) is 19.1. The Balaban J connectivity index is 1.88. The summed E-state index contributed by atoms with van der Waals surface area (Å²) in [5, 5.41) is 19.4. The smallest absolute Gasteiger partial charge is 0.319 e. The fourth-order valence-corrected chi connectivity index (χ4v) is 3.68. The minimum Gasteiger partial charge on any atom is -0.480 e. The SMILES string of the molecule is CCN(CC(=O)O)C1CC(NC(=O)Nc2cnn(CCC(C)C)c2C(C)C)C1. The standard InChI is InChI=1S/C20H35N5O3/c1-6-24(12-18(26)27)16-9-15(10-16)22-20(28)23-17-11-21-25(8-7-13(2)3)19(17)14(4)5/h11,13-16H,6-10,12H2,1-5H3,(H,26,27)(H2,22,23,28). The van der Waals surface area contributed by atoms with Crippen LogP contribution in [0.3, 0.4) is 0 Å². The number of hydrogen-bond acceptors (Lipinski definition) is 4. The van der Waals surface area contributed by atoms with Crippen LogP contribution in [0.2, 0.25) is 0 Å². The van der Waals surface area contributed by atoms with Crippen LogP contribution in [-0.2, 0) is 11.3 Å². The minimum atomic E-state index is -0.813. The Bertz CT molecular complexity index is 665. The molecule has 8 heteroatoms. The molecule has 1 saturated carbocycles. The molecule has 0 aromatic carbocycles. The van der Waals surface area contributed by atoms with Gasteiger partial charge in [0.25, 0.3) is 0 Å². The zero-order chi connectivity index (χ0) is 20.8. The van der Waals surface area contributed by atoms with E-state index in [0.29, 0.717) is 12.5 Å². The van der Waals surface area contributed by atoms with Crippen LogP contribution in [0.5, 0.6) is 0 Å². The third kappa shape index (κ3) is 5.95. The highest BCUT2D eigenvalue weighted by atomic mass is 16.4. The van der Waals surface area contributed by atoms with Gasteiger partial charge in [-0.2, -0.15) is 5.10 Å². The highest BCUT2D eigenvalue weighted by Gasteiger charge is 2.34. The van der Waals surface area contributed by atoms with E-state index >= 15 is 0 Å². The summed E-state index contributed by atoms with van der Waals surface area (Å²) in [7, 11) is 0. The number of rotatable bonds is 10. The summed E-state index contributed by atoms with van der Waals surface area (Å²) < 4.78 is 1.99. The highest BCUT2D eigenvalue weighted by molar-refractivity contribution is 5.90. The molecule has 0 aliphatic heterocycles. The second-order valence-electron chi connectivity index (χ2n) is 8.38. The van der Waals surface area contributed by atoms with Gasteiger partial charge in [0.15, 0.2) is 0 Å². The predicted molar refractivity (Wildman–Crippen MR) is 110 cm³/mol. The number of amides is 2. The Morgan fingerprint density at radius 1 is 1.32 bits per heavy atom. The molecule has 1 aromatic rings. The summed E-state index contributed by atoms with van der Waals surface area (Å²) >= 11 is 0. The van der Waals surface area contributed by atoms with Crippen molar-refractivity contribution in [3.05, 3.63) is 11.9 Å². The van der Waals surface area contributed by atoms with E-state index in [-0.39, 0.29) is 30.6 Å². The number of aliphatic carboxylic acids is 1. The molecular weight excluding hydrogens is 358 g/mol. The zero-order valence-corrected chi connectivity index (χ0v) is 17.7. The van der Waals surface area contributed by atoms with Crippen LogP contribution in [0.4, 0.5) is 10.5 Å². The first-order chi connectivity index (χ1) is 13.2. The largest absolute Gasteiger partial charge is 0.480 e. The number of aryl methyl sites for hydroxylation is 1. The van der Waals surface area contributed by atoms with Crippen LogP contribution in [0, 0.1) is 5.92 Å². The third-order valence-electron chi connectivity index (χ3n) is 5.30. The Hall–Kier alpha value is -2.09. The average molecular weight is 394 g/mol. The van der Waals surface area contributed by atoms with E-state index in [1.165, 1.54) is 0 Å². The van der Waals surface area contributed by atoms with Gasteiger partial charge < -0.3 is 15.7 Å². The molecule has 0 unspecified atom stereocenters. The number of likely N-dealkylation sites (N-methyl/N-ethyl adjacent to an activating group) is 1. The molecule has 1 heterocycles. The molecular formula is C20H35N5O3. The van der Waals surface area contributed by atoms with E-state index < -0.39 is 5.97 Å². The molecule has 0 atom stereocenters. The Morgan fingerprint density at radius 2 is 2.00 bits per heavy atom. The van der Waals surface area contributed by atoms with Crippen LogP contribution in [0.1, 0.15) is 65.5 Å². The van der Waals surface area contributed by atoms with Crippen molar-refractivity contribution in [3.63, 3.8) is 0 Å². The summed E-state index contributed by atoms with van der Waals surface area (Å²) in [6.07, 6.45) is 4.32. The number of nitrogens with one attached hydrogen (secondary N) is 2. The number of anilines is 1. The van der Waals surface area contributed by atoms with E-state index in [0.717, 1.165) is 37.2 Å². The molecule has 28 heavy (non-hydrogen) atoms. The van der Waals surface area contributed by atoms with Gasteiger partial charge in [-0.05, 0) is 37.6 Å². The van der Waals surface area contributed by atoms with Crippen LogP contribution in [0.25, 0.3) is 0 Å². The number of carbonyl (C=O) groups is 2. The maximum atomic E-state index is 12.4. The molecule has 3 N–H and O–H groups in total. The van der Waals surface area contributed by atoms with Crippen LogP contribution >= 0.6 is 0 Å². The van der Waals surface area contributed by atoms with E-state index in [9.17, 15) is 9.59 Å². The minimum absolute atomic E-state index is 0.0490. The van der Waals surface area contributed by atoms with Gasteiger partial charge in [0.05, 0.1) is 24.1 Å². The summed E-state index contributed by atoms with van der Waals surface area (Å²) in [5.41, 5.74) is 1.80. The number of carboxylic acid groups (broad SMARTS) is 1. The number of urea groups is 1. The summed E-state index contributed by atoms with van der Waals surface area (Å²) in [5.74, 6) is 0.0400. The molecule has 0 spiro atoms. The van der Waals surface area contributed by atoms with Gasteiger partial charge in [-0.3, -0.25) is 14.4 Å². The molecule has 8 nitrogen and oxygen atoms in total. The van der Waals surface area contributed by atoms with Crippen molar-refractivity contribution in [3.8, 4) is 0 Å². The molecule has 1 aromatic heterocycles. The number of nitrogens with zero attached hydrogens (tertiary/aromatic N) is 3. The van der Waals surface area contributed by atoms with Crippen molar-refractivity contribution in [1.82, 2.24) is 20.0 Å². The van der Waals surface area contributed by atoms with Crippen molar-refractivity contribution in [2.45, 2.75) is 78.4 Å². The maximum absolute atomic E-state index is 12.4. The van der Waals surface area contributed by atoms with Crippen molar-refractivity contribution >= 4 is 17.7 Å². The van der Waals surface area contributed by atoms with Gasteiger partial charge >= 0.3 is 12.0 Å². The second kappa shape index (κ2) is 9.91. The highest BCUT2D eigenvalue weighted by Crippen LogP contribution is 2.27. The van der Waals surface area contributed by atoms with Gasteiger partial charge in [-0.1, -0.05) is 34.6 Å². The lowest BCUT2D eigenvalue weighted by Crippen LogP contribution is -2.55. The van der Waals surface area contributed by atoms with Crippen LogP contribution in [-0.4, -0.2) is 57.0 Å². The molecule has 1 fully saturated rings. The number of aromatic nitrogens is 2. The molecule has 0 saturated heterocycles. The third-order valence-corrected chi connectivity index (χ3v) is 5.30. The van der Waals surface area contributed by atoms with Crippen molar-refractivity contribution < 1.29 is 14.7 Å². The quantitative estimate of drug-likeness (QED) is 0.567. The molecule has 1 aliphatic carbocycles. The van der Waals surface area contributed by atoms with Gasteiger partial charge in [-0.25, -0.2) is 4.79 Å². The number of carbonyl (C=O) groups excluding carboxylic acids is 1. The lowest BCUT2D eigenvalue weighted by molar-refractivity contribution is -0.139. The fourth-order valence-electron chi connectivity index (χ4n) is 3.68. The molecule has 2 amide bonds. The average Bonchev–Trinajstić information content (AvgIpc) is 2.96. The summed E-state index contributed by atoms with van der Waals surface area (Å²) in [4.78, 5) is 25.3. The van der Waals surface area contributed by atoms with E-state index in [1.54, 1.807) is 6.20 Å². The van der Waals surface area contributed by atoms with Crippen molar-refractivity contribution in [2.75, 3.05) is 18.4 Å². The van der Waals surface area contributed by atoms with Gasteiger partial charge in [0.1, 0.15) is 0 Å². The Morgan fingerprint density at radius 3 is 2.54 bits per heavy atom. The fraction of sp³-hybridized carbons (Fsp3) is 0.750. The Labute approximate surface area is 167 Å². The second-order valence-corrected chi connectivity index (χ2v) is 8.38. The first kappa shape index (κ1) is 22.2. The molecule has 0 radical (unpaired) electrons. The molecule has 0 bridgehead atoms. The van der Waals surface area contributed by atoms with Crippen molar-refractivity contribution in [1.29, 1.82) is 0 Å². The van der Waals surface area contributed by atoms with E-state index in [4.69, 9.17) is 5.11 Å². The zero-order valence-electron chi connectivity index (χ0n) is 17.7. The van der Waals surface area contributed by atoms with E-state index in [1.807, 2.05) is 16.5 Å². The van der Waals surface area contributed by atoms with E-state index in [2.05, 4.69) is 43.4 Å². The molecule has 1 aliphatic rings. The molecule has 158 valence electrons. The topological polar surface area (TPSA) is 99.5 Å². The number of carboxylic acids is 1. The van der Waals surface area contributed by atoms with Crippen LogP contribution < -0.4 is 10.6 Å². The summed E-state index contributed by atoms with van der Waals surface area (Å²) in [6.45, 7) is 12.1. The first-order valence-corrected chi connectivity index (χ1v) is 10.3. The van der Waals surface area contributed by atoms with Gasteiger partial charge in [-0.15, -0.1) is 0 Å². The first-order valence-electron chi connectivity index (χ1n) is 10.3. The van der Waals surface area contributed by atoms with Gasteiger partial charge in [0, 0.05) is 18.6 Å². The van der Waals surface area contributed by atoms with Crippen LogP contribution in [0.15, 0.2) is 6.20 Å². The summed E-state index contributed by atoms with van der Waals surface area (Å²) in [6, 6.07) is 0.0674.